The van der Waals surface area contributed by atoms with Crippen molar-refractivity contribution in [2.24, 2.45) is 11.8 Å². The second-order valence-electron chi connectivity index (χ2n) is 8.93. The fourth-order valence-corrected chi connectivity index (χ4v) is 4.54. The summed E-state index contributed by atoms with van der Waals surface area (Å²) in [6.07, 6.45) is 9.75. The summed E-state index contributed by atoms with van der Waals surface area (Å²) in [7, 11) is 5.10. The lowest BCUT2D eigenvalue weighted by Gasteiger charge is -2.43. The van der Waals surface area contributed by atoms with Crippen LogP contribution in [-0.2, 0) is 23.7 Å². The molecule has 0 radical (unpaired) electrons. The molecular formula is C23H36O5. The third kappa shape index (κ3) is 4.44. The van der Waals surface area contributed by atoms with Gasteiger partial charge in [0.25, 0.3) is 0 Å². The molecule has 2 heterocycles. The Kier molecular flexibility index (Phi) is 6.52. The summed E-state index contributed by atoms with van der Waals surface area (Å²) in [4.78, 5) is 0. The van der Waals surface area contributed by atoms with E-state index in [-0.39, 0.29) is 29.3 Å². The first kappa shape index (κ1) is 21.7. The van der Waals surface area contributed by atoms with Crippen molar-refractivity contribution in [3.63, 3.8) is 0 Å². The Morgan fingerprint density at radius 2 is 1.93 bits per heavy atom. The van der Waals surface area contributed by atoms with Crippen molar-refractivity contribution in [2.45, 2.75) is 76.3 Å². The maximum Gasteiger partial charge on any atom is 0.183 e. The van der Waals surface area contributed by atoms with Gasteiger partial charge in [-0.05, 0) is 57.9 Å². The lowest BCUT2D eigenvalue weighted by molar-refractivity contribution is -0.256. The van der Waals surface area contributed by atoms with Crippen LogP contribution in [0.4, 0.5) is 0 Å². The van der Waals surface area contributed by atoms with Crippen molar-refractivity contribution < 1.29 is 23.7 Å². The van der Waals surface area contributed by atoms with Crippen molar-refractivity contribution in [1.82, 2.24) is 0 Å². The van der Waals surface area contributed by atoms with Gasteiger partial charge in [-0.3, -0.25) is 0 Å². The van der Waals surface area contributed by atoms with Crippen LogP contribution >= 0.6 is 0 Å². The van der Waals surface area contributed by atoms with Crippen LogP contribution in [0, 0.1) is 11.8 Å². The molecule has 158 valence electrons. The van der Waals surface area contributed by atoms with Crippen LogP contribution in [0.5, 0.6) is 0 Å². The average Bonchev–Trinajstić information content (AvgIpc) is 3.32. The Morgan fingerprint density at radius 1 is 1.18 bits per heavy atom. The van der Waals surface area contributed by atoms with E-state index in [1.165, 1.54) is 5.57 Å². The molecular weight excluding hydrogens is 356 g/mol. The van der Waals surface area contributed by atoms with E-state index >= 15 is 0 Å². The molecule has 0 bridgehead atoms. The summed E-state index contributed by atoms with van der Waals surface area (Å²) in [6.45, 7) is 10.7. The summed E-state index contributed by atoms with van der Waals surface area (Å²) in [6, 6.07) is 0. The van der Waals surface area contributed by atoms with E-state index in [4.69, 9.17) is 23.7 Å². The molecule has 1 aliphatic carbocycles. The van der Waals surface area contributed by atoms with E-state index in [9.17, 15) is 0 Å². The largest absolute Gasteiger partial charge is 0.375 e. The predicted molar refractivity (Wildman–Crippen MR) is 109 cm³/mol. The smallest absolute Gasteiger partial charge is 0.183 e. The number of allylic oxidation sites excluding steroid dienone is 2. The summed E-state index contributed by atoms with van der Waals surface area (Å²) in [5.74, 6) is 0.360. The van der Waals surface area contributed by atoms with Crippen molar-refractivity contribution in [1.29, 1.82) is 0 Å². The zero-order valence-corrected chi connectivity index (χ0v) is 18.2. The van der Waals surface area contributed by atoms with Gasteiger partial charge in [-0.25, -0.2) is 0 Å². The molecule has 28 heavy (non-hydrogen) atoms. The van der Waals surface area contributed by atoms with Crippen molar-refractivity contribution >= 4 is 0 Å². The van der Waals surface area contributed by atoms with E-state index in [0.717, 1.165) is 31.3 Å². The Balaban J connectivity index is 1.94. The molecule has 3 rings (SSSR count). The maximum atomic E-state index is 6.18. The molecule has 2 saturated heterocycles. The monoisotopic (exact) mass is 392 g/mol. The van der Waals surface area contributed by atoms with E-state index in [0.29, 0.717) is 6.10 Å². The Bertz CT molecular complexity index is 637. The molecule has 0 spiro atoms. The fraction of sp³-hybridized carbons (Fsp3) is 0.739. The van der Waals surface area contributed by atoms with Crippen LogP contribution in [0.3, 0.4) is 0 Å². The quantitative estimate of drug-likeness (QED) is 0.513. The summed E-state index contributed by atoms with van der Waals surface area (Å²) in [5.41, 5.74) is 1.98. The first-order valence-corrected chi connectivity index (χ1v) is 10.3. The molecule has 5 nitrogen and oxygen atoms in total. The third-order valence-corrected chi connectivity index (χ3v) is 6.63. The number of methoxy groups -OCH3 is 3. The average molecular weight is 393 g/mol. The highest BCUT2D eigenvalue weighted by atomic mass is 16.8. The van der Waals surface area contributed by atoms with Gasteiger partial charge in [0, 0.05) is 27.2 Å². The van der Waals surface area contributed by atoms with Gasteiger partial charge in [-0.2, -0.15) is 0 Å². The number of fused-ring (bicyclic) bond motifs is 2. The molecule has 0 unspecified atom stereocenters. The first-order chi connectivity index (χ1) is 13.2. The van der Waals surface area contributed by atoms with Gasteiger partial charge in [0.2, 0.25) is 0 Å². The Labute approximate surface area is 169 Å². The van der Waals surface area contributed by atoms with Crippen LogP contribution in [0.15, 0.2) is 36.0 Å². The predicted octanol–water partition coefficient (Wildman–Crippen LogP) is 4.39. The molecule has 3 aliphatic rings. The molecule has 0 aromatic rings. The second kappa shape index (κ2) is 8.41. The Hall–Kier alpha value is -0.980. The van der Waals surface area contributed by atoms with Crippen molar-refractivity contribution in [3.05, 3.63) is 36.0 Å². The highest BCUT2D eigenvalue weighted by Crippen LogP contribution is 2.51. The number of hydrogen-bond acceptors (Lipinski definition) is 5. The maximum absolute atomic E-state index is 6.18. The Morgan fingerprint density at radius 3 is 2.57 bits per heavy atom. The van der Waals surface area contributed by atoms with Gasteiger partial charge >= 0.3 is 0 Å². The number of rotatable bonds is 5. The number of ether oxygens (including phenoxy) is 5. The molecule has 0 N–H and O–H groups in total. The molecule has 3 fully saturated rings. The molecule has 2 aliphatic heterocycles. The van der Waals surface area contributed by atoms with Gasteiger partial charge in [-0.1, -0.05) is 30.4 Å². The fourth-order valence-electron chi connectivity index (χ4n) is 4.54. The molecule has 0 amide bonds. The second-order valence-corrected chi connectivity index (χ2v) is 8.93. The number of epoxide rings is 1. The van der Waals surface area contributed by atoms with E-state index < -0.39 is 6.29 Å². The van der Waals surface area contributed by atoms with Gasteiger partial charge in [-0.15, -0.1) is 0 Å². The number of hydrogen-bond donors (Lipinski definition) is 0. The van der Waals surface area contributed by atoms with E-state index in [2.05, 4.69) is 25.7 Å². The van der Waals surface area contributed by atoms with Gasteiger partial charge in [0.15, 0.2) is 12.6 Å². The standard InChI is InChI=1S/C23H36O5/c1-15-10-11-18-23(4,28-18)14-12-16-17(9-8-13-22(2,3)26-7)20(24-5)27-21(25-6)19(15)16/h8-9,13,16,18-21H,1,10-12,14H2,2-7H3/b13-8+,17-9?/t16-,18+,19+,20+,21+,23+/m1/s1. The van der Waals surface area contributed by atoms with Crippen LogP contribution in [0.2, 0.25) is 0 Å². The lowest BCUT2D eigenvalue weighted by Crippen LogP contribution is -2.45. The summed E-state index contributed by atoms with van der Waals surface area (Å²) >= 11 is 0. The third-order valence-electron chi connectivity index (χ3n) is 6.63. The summed E-state index contributed by atoms with van der Waals surface area (Å²) < 4.78 is 29.1. The SMILES string of the molecule is C=C1CC[C@@H]2O[C@@]2(C)CC[C@@H]2C(=C/C=C/C(C)(C)OC)[C@@H](OC)O[C@H](OC)[C@@H]12. The van der Waals surface area contributed by atoms with Gasteiger partial charge < -0.3 is 23.7 Å². The van der Waals surface area contributed by atoms with Crippen molar-refractivity contribution in [2.75, 3.05) is 21.3 Å². The zero-order chi connectivity index (χ0) is 20.5. The minimum atomic E-state index is -0.432. The summed E-state index contributed by atoms with van der Waals surface area (Å²) in [5, 5.41) is 0. The molecule has 0 aromatic carbocycles. The van der Waals surface area contributed by atoms with E-state index in [1.807, 2.05) is 19.9 Å². The van der Waals surface area contributed by atoms with E-state index in [1.54, 1.807) is 21.3 Å². The van der Waals surface area contributed by atoms with Crippen LogP contribution in [0.25, 0.3) is 0 Å². The topological polar surface area (TPSA) is 49.5 Å². The molecule has 1 saturated carbocycles. The molecule has 5 heteroatoms. The van der Waals surface area contributed by atoms with Crippen LogP contribution < -0.4 is 0 Å². The minimum absolute atomic E-state index is 0.00238. The van der Waals surface area contributed by atoms with Crippen LogP contribution in [0.1, 0.15) is 46.5 Å². The minimum Gasteiger partial charge on any atom is -0.375 e. The van der Waals surface area contributed by atoms with Crippen molar-refractivity contribution in [3.8, 4) is 0 Å². The molecule has 6 atom stereocenters. The molecule has 0 aromatic heterocycles. The van der Waals surface area contributed by atoms with Crippen LogP contribution in [-0.4, -0.2) is 51.2 Å². The van der Waals surface area contributed by atoms with Gasteiger partial charge in [0.1, 0.15) is 0 Å². The zero-order valence-electron chi connectivity index (χ0n) is 18.2. The first-order valence-electron chi connectivity index (χ1n) is 10.3. The normalized spacial score (nSPS) is 40.6. The van der Waals surface area contributed by atoms with Gasteiger partial charge in [0.05, 0.1) is 17.3 Å². The highest BCUT2D eigenvalue weighted by molar-refractivity contribution is 5.26. The lowest BCUT2D eigenvalue weighted by atomic mass is 9.75. The highest BCUT2D eigenvalue weighted by Gasteiger charge is 2.54.